The van der Waals surface area contributed by atoms with Crippen molar-refractivity contribution in [3.8, 4) is 68.3 Å². The van der Waals surface area contributed by atoms with Crippen LogP contribution in [0, 0.1) is 22.7 Å². The van der Waals surface area contributed by atoms with E-state index in [0.29, 0.717) is 89.1 Å². The second kappa shape index (κ2) is 23.5. The normalized spacial score (nSPS) is 12.6. The summed E-state index contributed by atoms with van der Waals surface area (Å²) >= 11 is 0. The van der Waals surface area contributed by atoms with E-state index in [-0.39, 0.29) is 44.8 Å². The average Bonchev–Trinajstić information content (AvgIpc) is 1.55. The average molecular weight is 1510 g/mol. The van der Waals surface area contributed by atoms with Gasteiger partial charge < -0.3 is 35.9 Å². The van der Waals surface area contributed by atoms with Gasteiger partial charge in [0.25, 0.3) is 0 Å². The van der Waals surface area contributed by atoms with Crippen LogP contribution in [0.3, 0.4) is 0 Å². The molecule has 0 aliphatic carbocycles. The maximum atomic E-state index is 15.7. The predicted molar refractivity (Wildman–Crippen MR) is 449 cm³/mol. The molecule has 116 heavy (non-hydrogen) atoms. The van der Waals surface area contributed by atoms with Crippen LogP contribution in [0.15, 0.2) is 321 Å². The van der Waals surface area contributed by atoms with Crippen molar-refractivity contribution in [2.24, 2.45) is 0 Å². The molecule has 0 radical (unpaired) electrons. The number of nitrogens with zero attached hydrogens (tertiary/aromatic N) is 6. The molecule has 16 heteroatoms. The van der Waals surface area contributed by atoms with E-state index in [1.165, 1.54) is 24.3 Å². The Morgan fingerprint density at radius 1 is 0.250 bits per heavy atom. The molecule has 0 aliphatic rings. The summed E-state index contributed by atoms with van der Waals surface area (Å²) in [6.45, 7) is 0. The molecule has 546 valence electrons. The standard InChI is InChI=1S/C100H50F6N6O4/c101-99(102,103)75-28-9-1-18-55(75)63-42-46-81(73(51-107)90(63)111-79-32-13-5-21-58(79)66-44-48-85-88(93(66)111)71-25-8-16-35-84(71)113-85)109-77-30-11-3-20-57(77)65-45-49-86-89(92(65)109)72-27-17-26-54(96(72)115-86)53-36-37-62-70-41-38-67-59-22-4-12-31-78(59)110(94(67)97(70)116-87(62)50-53)82-47-43-64(56-19-2-10-29-76(56)100(104,105)106)91(74(82)52-108)112-80-33-14-6-23-60(80)68-39-40-69-61-24-7-15-34-83(61)114-98(69)95(68)112/h1-50H. The Balaban J connectivity index is 0.727. The van der Waals surface area contributed by atoms with Crippen LogP contribution in [0.1, 0.15) is 22.3 Å². The van der Waals surface area contributed by atoms with E-state index in [0.717, 1.165) is 120 Å². The molecule has 24 rings (SSSR count). The maximum absolute atomic E-state index is 15.7. The number of para-hydroxylation sites is 7. The summed E-state index contributed by atoms with van der Waals surface area (Å²) in [6, 6.07) is 97.7. The first-order valence-corrected chi connectivity index (χ1v) is 37.7. The molecule has 16 aromatic carbocycles. The van der Waals surface area contributed by atoms with E-state index in [1.54, 1.807) is 36.4 Å². The van der Waals surface area contributed by atoms with E-state index in [9.17, 15) is 10.5 Å². The van der Waals surface area contributed by atoms with Crippen molar-refractivity contribution in [3.63, 3.8) is 0 Å². The number of hydrogen-bond donors (Lipinski definition) is 0. The smallest absolute Gasteiger partial charge is 0.417 e. The van der Waals surface area contributed by atoms with Gasteiger partial charge in [0.1, 0.15) is 56.8 Å². The summed E-state index contributed by atoms with van der Waals surface area (Å²) in [5, 5.41) is 37.3. The van der Waals surface area contributed by atoms with E-state index in [1.807, 2.05) is 244 Å². The van der Waals surface area contributed by atoms with Crippen LogP contribution >= 0.6 is 0 Å². The van der Waals surface area contributed by atoms with Crippen LogP contribution in [-0.4, -0.2) is 18.3 Å². The number of hydrogen-bond acceptors (Lipinski definition) is 6. The Morgan fingerprint density at radius 3 is 1.16 bits per heavy atom. The highest BCUT2D eigenvalue weighted by Gasteiger charge is 2.38. The van der Waals surface area contributed by atoms with Gasteiger partial charge in [-0.2, -0.15) is 36.9 Å². The Bertz CT molecular complexity index is 8630. The first-order valence-electron chi connectivity index (χ1n) is 37.7. The molecule has 0 amide bonds. The molecule has 24 aromatic rings. The predicted octanol–water partition coefficient (Wildman–Crippen LogP) is 28.5. The third kappa shape index (κ3) is 8.83. The highest BCUT2D eigenvalue weighted by Crippen LogP contribution is 2.53. The van der Waals surface area contributed by atoms with E-state index >= 15 is 26.3 Å². The van der Waals surface area contributed by atoms with Gasteiger partial charge in [0, 0.05) is 92.1 Å². The monoisotopic (exact) mass is 1510 g/mol. The van der Waals surface area contributed by atoms with Crippen molar-refractivity contribution < 1.29 is 44.0 Å². The summed E-state index contributed by atoms with van der Waals surface area (Å²) < 4.78 is 130. The number of benzene rings is 16. The van der Waals surface area contributed by atoms with Gasteiger partial charge in [0.15, 0.2) is 11.2 Å². The van der Waals surface area contributed by atoms with Crippen molar-refractivity contribution >= 4 is 175 Å². The molecule has 0 bridgehead atoms. The highest BCUT2D eigenvalue weighted by atomic mass is 19.4. The Kier molecular flexibility index (Phi) is 13.2. The lowest BCUT2D eigenvalue weighted by atomic mass is 9.94. The maximum Gasteiger partial charge on any atom is 0.417 e. The third-order valence-corrected chi connectivity index (χ3v) is 23.7. The van der Waals surface area contributed by atoms with Crippen LogP contribution in [0.4, 0.5) is 26.3 Å². The summed E-state index contributed by atoms with van der Waals surface area (Å²) in [7, 11) is 0. The fourth-order valence-corrected chi connectivity index (χ4v) is 19.1. The first kappa shape index (κ1) is 65.2. The summed E-state index contributed by atoms with van der Waals surface area (Å²) in [5.41, 5.74) is 11.2. The van der Waals surface area contributed by atoms with Crippen molar-refractivity contribution in [2.45, 2.75) is 12.4 Å². The zero-order valence-corrected chi connectivity index (χ0v) is 60.5. The fraction of sp³-hybridized carbons (Fsp3) is 0.0200. The van der Waals surface area contributed by atoms with Gasteiger partial charge in [0.2, 0.25) is 0 Å². The Morgan fingerprint density at radius 2 is 0.612 bits per heavy atom. The van der Waals surface area contributed by atoms with E-state index in [2.05, 4.69) is 16.7 Å². The minimum Gasteiger partial charge on any atom is -0.456 e. The second-order valence-corrected chi connectivity index (χ2v) is 29.6. The molecule has 0 unspecified atom stereocenters. The number of alkyl halides is 6. The second-order valence-electron chi connectivity index (χ2n) is 29.6. The Hall–Kier alpha value is -15.5. The van der Waals surface area contributed by atoms with Crippen molar-refractivity contribution in [2.75, 3.05) is 0 Å². The number of halogens is 6. The lowest BCUT2D eigenvalue weighted by Crippen LogP contribution is -2.10. The summed E-state index contributed by atoms with van der Waals surface area (Å²) in [5.74, 6) is 0. The van der Waals surface area contributed by atoms with Crippen LogP contribution in [0.25, 0.3) is 231 Å². The molecule has 0 atom stereocenters. The molecule has 10 nitrogen and oxygen atoms in total. The molecule has 8 heterocycles. The summed E-state index contributed by atoms with van der Waals surface area (Å²) in [4.78, 5) is 0. The molecule has 0 N–H and O–H groups in total. The number of nitriles is 2. The molecular formula is C100H50F6N6O4. The largest absolute Gasteiger partial charge is 0.456 e. The third-order valence-electron chi connectivity index (χ3n) is 23.7. The van der Waals surface area contributed by atoms with Crippen LogP contribution < -0.4 is 0 Å². The van der Waals surface area contributed by atoms with Gasteiger partial charge in [0.05, 0.1) is 88.8 Å². The Labute approximate surface area is 650 Å². The highest BCUT2D eigenvalue weighted by molar-refractivity contribution is 6.29. The van der Waals surface area contributed by atoms with Crippen LogP contribution in [0.2, 0.25) is 0 Å². The van der Waals surface area contributed by atoms with Crippen molar-refractivity contribution in [3.05, 3.63) is 326 Å². The molecule has 0 spiro atoms. The molecular weight excluding hydrogens is 1460 g/mol. The minimum absolute atomic E-state index is 0.0914. The zero-order chi connectivity index (χ0) is 77.5. The number of rotatable bonds is 7. The molecule has 0 aliphatic heterocycles. The molecule has 0 fully saturated rings. The molecule has 8 aromatic heterocycles. The van der Waals surface area contributed by atoms with Gasteiger partial charge in [-0.15, -0.1) is 0 Å². The lowest BCUT2D eigenvalue weighted by molar-refractivity contribution is -0.137. The number of aromatic nitrogens is 4. The number of furan rings is 4. The molecule has 0 saturated heterocycles. The summed E-state index contributed by atoms with van der Waals surface area (Å²) in [6.07, 6.45) is -9.56. The van der Waals surface area contributed by atoms with E-state index < -0.39 is 23.5 Å². The zero-order valence-electron chi connectivity index (χ0n) is 60.5. The van der Waals surface area contributed by atoms with Gasteiger partial charge >= 0.3 is 12.4 Å². The van der Waals surface area contributed by atoms with Gasteiger partial charge in [-0.3, -0.25) is 0 Å². The quantitative estimate of drug-likeness (QED) is 0.147. The van der Waals surface area contributed by atoms with Crippen LogP contribution in [-0.2, 0) is 12.4 Å². The van der Waals surface area contributed by atoms with Gasteiger partial charge in [-0.05, 0) is 126 Å². The van der Waals surface area contributed by atoms with Gasteiger partial charge in [-0.1, -0.05) is 194 Å². The SMILES string of the molecule is N#Cc1c(-n2c3ccccc3c3ccc4c5ccc(-c6cccc7c6oc6ccc8c9ccccc9n(-c9ccc(-c%10ccccc%10C(F)(F)F)c(-n%10c%11ccccc%11c%11ccc%12oc%13ccccc%13c%12c%11%10)c9C#N)c8c67)cc5oc4c32)ccc(-c2ccccc2C(F)(F)F)c1-n1c2ccccc2c2ccc3c4ccccc4oc3c21. The van der Waals surface area contributed by atoms with Crippen molar-refractivity contribution in [1.82, 2.24) is 18.3 Å². The minimum atomic E-state index is -4.78. The molecule has 0 saturated carbocycles. The van der Waals surface area contributed by atoms with Crippen LogP contribution in [0.5, 0.6) is 0 Å². The number of fused-ring (bicyclic) bond motifs is 28. The van der Waals surface area contributed by atoms with E-state index in [4.69, 9.17) is 17.7 Å². The van der Waals surface area contributed by atoms with Gasteiger partial charge in [-0.25, -0.2) is 0 Å². The topological polar surface area (TPSA) is 120 Å². The lowest BCUT2D eigenvalue weighted by Gasteiger charge is -2.22. The fourth-order valence-electron chi connectivity index (χ4n) is 19.1. The first-order chi connectivity index (χ1) is 56.8. The van der Waals surface area contributed by atoms with Crippen molar-refractivity contribution in [1.29, 1.82) is 10.5 Å².